The van der Waals surface area contributed by atoms with Gasteiger partial charge in [-0.2, -0.15) is 13.2 Å². The smallest absolute Gasteiger partial charge is 0.416 e. The van der Waals surface area contributed by atoms with Crippen molar-refractivity contribution >= 4 is 5.97 Å². The third-order valence-electron chi connectivity index (χ3n) is 4.21. The van der Waals surface area contributed by atoms with Crippen molar-refractivity contribution in [2.24, 2.45) is 5.92 Å². The predicted molar refractivity (Wildman–Crippen MR) is 77.2 cm³/mol. The third-order valence-corrected chi connectivity index (χ3v) is 4.21. The van der Waals surface area contributed by atoms with Gasteiger partial charge < -0.3 is 4.74 Å². The molecular weight excluding hydrogens is 293 g/mol. The first kappa shape index (κ1) is 16.6. The van der Waals surface area contributed by atoms with Crippen molar-refractivity contribution in [1.29, 1.82) is 0 Å². The standard InChI is InChI=1S/C17H19F3O2/c1-10(2)15(21)22-16(11(3)4)8-7-12-9-13(17(18,19)20)5-6-14(12)16/h5-6,9,11H,1,7-8H2,2-4H3. The molecule has 0 aromatic heterocycles. The van der Waals surface area contributed by atoms with Gasteiger partial charge in [0.2, 0.25) is 0 Å². The second-order valence-electron chi connectivity index (χ2n) is 6.08. The second kappa shape index (κ2) is 5.45. The van der Waals surface area contributed by atoms with Gasteiger partial charge in [-0.05, 0) is 48.9 Å². The Kier molecular flexibility index (Phi) is 4.11. The van der Waals surface area contributed by atoms with Crippen molar-refractivity contribution < 1.29 is 22.7 Å². The van der Waals surface area contributed by atoms with E-state index in [0.29, 0.717) is 24.0 Å². The van der Waals surface area contributed by atoms with Gasteiger partial charge in [0.1, 0.15) is 5.60 Å². The molecule has 0 radical (unpaired) electrons. The number of halogens is 3. The van der Waals surface area contributed by atoms with Gasteiger partial charge in [-0.25, -0.2) is 4.79 Å². The lowest BCUT2D eigenvalue weighted by Gasteiger charge is -2.34. The summed E-state index contributed by atoms with van der Waals surface area (Å²) in [4.78, 5) is 11.9. The molecule has 1 aliphatic carbocycles. The molecule has 1 unspecified atom stereocenters. The molecule has 0 bridgehead atoms. The Labute approximate surface area is 128 Å². The Morgan fingerprint density at radius 2 is 2.00 bits per heavy atom. The maximum absolute atomic E-state index is 12.8. The first-order valence-corrected chi connectivity index (χ1v) is 7.17. The van der Waals surface area contributed by atoms with Gasteiger partial charge in [-0.1, -0.05) is 26.5 Å². The van der Waals surface area contributed by atoms with Crippen molar-refractivity contribution in [2.45, 2.75) is 45.4 Å². The molecule has 0 heterocycles. The molecule has 0 amide bonds. The summed E-state index contributed by atoms with van der Waals surface area (Å²) < 4.78 is 44.1. The second-order valence-corrected chi connectivity index (χ2v) is 6.08. The van der Waals surface area contributed by atoms with Crippen LogP contribution in [0.15, 0.2) is 30.4 Å². The van der Waals surface area contributed by atoms with Gasteiger partial charge in [-0.15, -0.1) is 0 Å². The Morgan fingerprint density at radius 1 is 1.36 bits per heavy atom. The van der Waals surface area contributed by atoms with Gasteiger partial charge >= 0.3 is 12.1 Å². The van der Waals surface area contributed by atoms with Crippen molar-refractivity contribution in [3.8, 4) is 0 Å². The number of alkyl halides is 3. The minimum Gasteiger partial charge on any atom is -0.451 e. The number of esters is 1. The van der Waals surface area contributed by atoms with E-state index >= 15 is 0 Å². The summed E-state index contributed by atoms with van der Waals surface area (Å²) in [5.74, 6) is -0.560. The normalized spacial score (nSPS) is 20.9. The molecule has 0 spiro atoms. The van der Waals surface area contributed by atoms with Crippen LogP contribution in [0.3, 0.4) is 0 Å². The molecule has 1 aromatic carbocycles. The average molecular weight is 312 g/mol. The summed E-state index contributed by atoms with van der Waals surface area (Å²) >= 11 is 0. The van der Waals surface area contributed by atoms with Crippen LogP contribution in [0.2, 0.25) is 0 Å². The van der Waals surface area contributed by atoms with E-state index in [1.165, 1.54) is 6.07 Å². The molecular formula is C17H19F3O2. The number of hydrogen-bond donors (Lipinski definition) is 0. The molecule has 0 aliphatic heterocycles. The largest absolute Gasteiger partial charge is 0.451 e. The zero-order valence-electron chi connectivity index (χ0n) is 12.9. The number of hydrogen-bond acceptors (Lipinski definition) is 2. The molecule has 1 atom stereocenters. The van der Waals surface area contributed by atoms with Gasteiger partial charge in [0.05, 0.1) is 5.56 Å². The zero-order chi connectivity index (χ0) is 16.7. The molecule has 2 nitrogen and oxygen atoms in total. The van der Waals surface area contributed by atoms with Gasteiger partial charge in [0, 0.05) is 5.57 Å². The number of carbonyl (C=O) groups excluding carboxylic acids is 1. The summed E-state index contributed by atoms with van der Waals surface area (Å²) in [5.41, 5.74) is -0.00395. The summed E-state index contributed by atoms with van der Waals surface area (Å²) in [7, 11) is 0. The van der Waals surface area contributed by atoms with Crippen LogP contribution < -0.4 is 0 Å². The Hall–Kier alpha value is -1.78. The lowest BCUT2D eigenvalue weighted by molar-refractivity contribution is -0.161. The molecule has 1 aliphatic rings. The number of ether oxygens (including phenoxy) is 1. The SMILES string of the molecule is C=C(C)C(=O)OC1(C(C)C)CCc2cc(C(F)(F)F)ccc21. The lowest BCUT2D eigenvalue weighted by atomic mass is 9.84. The first-order chi connectivity index (χ1) is 10.1. The highest BCUT2D eigenvalue weighted by atomic mass is 19.4. The minimum atomic E-state index is -4.37. The van der Waals surface area contributed by atoms with Crippen LogP contribution in [0.5, 0.6) is 0 Å². The molecule has 5 heteroatoms. The van der Waals surface area contributed by atoms with Gasteiger partial charge in [0.25, 0.3) is 0 Å². The predicted octanol–water partition coefficient (Wildman–Crippen LogP) is 4.62. The summed E-state index contributed by atoms with van der Waals surface area (Å²) in [5, 5.41) is 0. The average Bonchev–Trinajstić information content (AvgIpc) is 2.77. The monoisotopic (exact) mass is 312 g/mol. The number of benzene rings is 1. The first-order valence-electron chi connectivity index (χ1n) is 7.17. The maximum atomic E-state index is 12.8. The molecule has 22 heavy (non-hydrogen) atoms. The molecule has 0 saturated carbocycles. The summed E-state index contributed by atoms with van der Waals surface area (Å²) in [6.07, 6.45) is -3.42. The topological polar surface area (TPSA) is 26.3 Å². The summed E-state index contributed by atoms with van der Waals surface area (Å²) in [6, 6.07) is 3.65. The highest BCUT2D eigenvalue weighted by Gasteiger charge is 2.46. The fraction of sp³-hybridized carbons (Fsp3) is 0.471. The van der Waals surface area contributed by atoms with Crippen LogP contribution in [-0.4, -0.2) is 5.97 Å². The van der Waals surface area contributed by atoms with E-state index in [9.17, 15) is 18.0 Å². The molecule has 120 valence electrons. The number of fused-ring (bicyclic) bond motifs is 1. The number of carbonyl (C=O) groups is 1. The fourth-order valence-corrected chi connectivity index (χ4v) is 2.92. The Morgan fingerprint density at radius 3 is 2.50 bits per heavy atom. The highest BCUT2D eigenvalue weighted by molar-refractivity contribution is 5.87. The third kappa shape index (κ3) is 2.76. The molecule has 0 fully saturated rings. The van der Waals surface area contributed by atoms with E-state index in [4.69, 9.17) is 4.74 Å². The lowest BCUT2D eigenvalue weighted by Crippen LogP contribution is -2.35. The van der Waals surface area contributed by atoms with Crippen molar-refractivity contribution in [1.82, 2.24) is 0 Å². The molecule has 2 rings (SSSR count). The molecule has 0 N–H and O–H groups in total. The van der Waals surface area contributed by atoms with E-state index in [-0.39, 0.29) is 11.5 Å². The zero-order valence-corrected chi connectivity index (χ0v) is 12.9. The van der Waals surface area contributed by atoms with Crippen LogP contribution in [0.1, 0.15) is 43.9 Å². The van der Waals surface area contributed by atoms with Crippen LogP contribution in [-0.2, 0) is 27.7 Å². The Balaban J connectivity index is 2.47. The van der Waals surface area contributed by atoms with E-state index in [1.54, 1.807) is 6.92 Å². The van der Waals surface area contributed by atoms with Crippen LogP contribution >= 0.6 is 0 Å². The van der Waals surface area contributed by atoms with Gasteiger partial charge in [0.15, 0.2) is 0 Å². The maximum Gasteiger partial charge on any atom is 0.416 e. The molecule has 0 saturated heterocycles. The van der Waals surface area contributed by atoms with Crippen LogP contribution in [0.25, 0.3) is 0 Å². The van der Waals surface area contributed by atoms with E-state index in [0.717, 1.165) is 12.1 Å². The molecule has 1 aromatic rings. The minimum absolute atomic E-state index is 0.0474. The quantitative estimate of drug-likeness (QED) is 0.601. The fourth-order valence-electron chi connectivity index (χ4n) is 2.92. The number of rotatable bonds is 3. The van der Waals surface area contributed by atoms with Crippen LogP contribution in [0, 0.1) is 5.92 Å². The number of aryl methyl sites for hydroxylation is 1. The van der Waals surface area contributed by atoms with E-state index in [2.05, 4.69) is 6.58 Å². The van der Waals surface area contributed by atoms with E-state index < -0.39 is 23.3 Å². The summed E-state index contributed by atoms with van der Waals surface area (Å²) in [6.45, 7) is 8.92. The van der Waals surface area contributed by atoms with Crippen molar-refractivity contribution in [3.05, 3.63) is 47.0 Å². The van der Waals surface area contributed by atoms with Gasteiger partial charge in [-0.3, -0.25) is 0 Å². The Bertz CT molecular complexity index is 617. The van der Waals surface area contributed by atoms with Crippen LogP contribution in [0.4, 0.5) is 13.2 Å². The van der Waals surface area contributed by atoms with E-state index in [1.807, 2.05) is 13.8 Å². The van der Waals surface area contributed by atoms with Crippen molar-refractivity contribution in [2.75, 3.05) is 0 Å². The van der Waals surface area contributed by atoms with Crippen molar-refractivity contribution in [3.63, 3.8) is 0 Å². The highest BCUT2D eigenvalue weighted by Crippen LogP contribution is 2.47.